The first-order valence-electron chi connectivity index (χ1n) is 7.81. The molecule has 1 aromatic carbocycles. The zero-order chi connectivity index (χ0) is 19.6. The third-order valence-corrected chi connectivity index (χ3v) is 5.86. The molecular weight excluding hydrogens is 409 g/mol. The van der Waals surface area contributed by atoms with Crippen LogP contribution in [0.3, 0.4) is 0 Å². The average Bonchev–Trinajstić information content (AvgIpc) is 2.61. The molecule has 2 heterocycles. The van der Waals surface area contributed by atoms with Crippen molar-refractivity contribution in [2.45, 2.75) is 18.7 Å². The van der Waals surface area contributed by atoms with E-state index in [1.165, 1.54) is 18.3 Å². The Morgan fingerprint density at radius 1 is 1.07 bits per heavy atom. The second-order valence-electron chi connectivity index (χ2n) is 5.66. The van der Waals surface area contributed by atoms with E-state index >= 15 is 0 Å². The minimum Gasteiger partial charge on any atom is -0.435 e. The maximum Gasteiger partial charge on any atom is 0.262 e. The molecule has 0 atom stereocenters. The third kappa shape index (κ3) is 4.32. The first kappa shape index (κ1) is 19.4. The lowest BCUT2D eigenvalue weighted by molar-refractivity contribution is 0.459. The molecule has 9 heteroatoms. The Kier molecular flexibility index (Phi) is 5.55. The van der Waals surface area contributed by atoms with E-state index in [4.69, 9.17) is 27.9 Å². The fourth-order valence-electron chi connectivity index (χ4n) is 2.34. The fourth-order valence-corrected chi connectivity index (χ4v) is 4.05. The molecule has 0 amide bonds. The van der Waals surface area contributed by atoms with E-state index in [0.29, 0.717) is 22.0 Å². The van der Waals surface area contributed by atoms with Gasteiger partial charge in [0.1, 0.15) is 5.69 Å². The molecule has 0 unspecified atom stereocenters. The number of sulfonamides is 1. The smallest absolute Gasteiger partial charge is 0.262 e. The monoisotopic (exact) mass is 423 g/mol. The summed E-state index contributed by atoms with van der Waals surface area (Å²) < 4.78 is 33.9. The SMILES string of the molecule is Cc1ncccc1Oc1ncc(Cl)cc1NS(=O)(=O)c1cccc(Cl)c1C. The van der Waals surface area contributed by atoms with Gasteiger partial charge in [-0.25, -0.2) is 13.4 Å². The normalized spacial score (nSPS) is 11.3. The molecule has 0 saturated heterocycles. The van der Waals surface area contributed by atoms with Crippen LogP contribution >= 0.6 is 23.2 Å². The minimum atomic E-state index is -3.94. The maximum atomic E-state index is 12.8. The van der Waals surface area contributed by atoms with Gasteiger partial charge in [0, 0.05) is 17.4 Å². The Morgan fingerprint density at radius 3 is 2.59 bits per heavy atom. The van der Waals surface area contributed by atoms with Crippen molar-refractivity contribution in [3.63, 3.8) is 0 Å². The molecule has 2 aromatic heterocycles. The number of benzene rings is 1. The van der Waals surface area contributed by atoms with Crippen LogP contribution in [0, 0.1) is 13.8 Å². The molecule has 3 aromatic rings. The summed E-state index contributed by atoms with van der Waals surface area (Å²) in [4.78, 5) is 8.29. The van der Waals surface area contributed by atoms with Gasteiger partial charge in [-0.3, -0.25) is 9.71 Å². The van der Waals surface area contributed by atoms with Crippen molar-refractivity contribution in [1.29, 1.82) is 0 Å². The lowest BCUT2D eigenvalue weighted by atomic mass is 10.2. The van der Waals surface area contributed by atoms with E-state index in [9.17, 15) is 8.42 Å². The summed E-state index contributed by atoms with van der Waals surface area (Å²) in [5.41, 5.74) is 1.17. The number of pyridine rings is 2. The van der Waals surface area contributed by atoms with Gasteiger partial charge in [0.2, 0.25) is 5.88 Å². The minimum absolute atomic E-state index is 0.0542. The van der Waals surface area contributed by atoms with E-state index in [1.807, 2.05) is 0 Å². The van der Waals surface area contributed by atoms with Crippen LogP contribution in [-0.4, -0.2) is 18.4 Å². The van der Waals surface area contributed by atoms with Crippen molar-refractivity contribution in [2.75, 3.05) is 4.72 Å². The maximum absolute atomic E-state index is 12.8. The number of nitrogens with one attached hydrogen (secondary N) is 1. The van der Waals surface area contributed by atoms with Crippen LogP contribution in [-0.2, 0) is 10.0 Å². The van der Waals surface area contributed by atoms with Gasteiger partial charge in [-0.15, -0.1) is 0 Å². The summed E-state index contributed by atoms with van der Waals surface area (Å²) in [6, 6.07) is 9.49. The van der Waals surface area contributed by atoms with Crippen LogP contribution in [0.4, 0.5) is 5.69 Å². The van der Waals surface area contributed by atoms with Crippen molar-refractivity contribution < 1.29 is 13.2 Å². The first-order chi connectivity index (χ1) is 12.8. The number of rotatable bonds is 5. The summed E-state index contributed by atoms with van der Waals surface area (Å²) in [6.45, 7) is 3.40. The third-order valence-electron chi connectivity index (χ3n) is 3.73. The Morgan fingerprint density at radius 2 is 1.85 bits per heavy atom. The second kappa shape index (κ2) is 7.72. The van der Waals surface area contributed by atoms with E-state index < -0.39 is 10.0 Å². The first-order valence-corrected chi connectivity index (χ1v) is 10.0. The highest BCUT2D eigenvalue weighted by Gasteiger charge is 2.21. The molecule has 140 valence electrons. The average molecular weight is 424 g/mol. The highest BCUT2D eigenvalue weighted by molar-refractivity contribution is 7.92. The van der Waals surface area contributed by atoms with Gasteiger partial charge in [0.05, 0.1) is 15.6 Å². The standard InChI is InChI=1S/C18H15Cl2N3O3S/c1-11-14(20)5-3-7-17(11)27(24,25)23-15-9-13(19)10-22-18(15)26-16-6-4-8-21-12(16)2/h3-10,23H,1-2H3. The van der Waals surface area contributed by atoms with Crippen molar-refractivity contribution in [3.8, 4) is 11.6 Å². The van der Waals surface area contributed by atoms with E-state index in [0.717, 1.165) is 0 Å². The van der Waals surface area contributed by atoms with E-state index in [1.54, 1.807) is 44.3 Å². The molecule has 0 radical (unpaired) electrons. The van der Waals surface area contributed by atoms with Crippen LogP contribution in [0.2, 0.25) is 10.0 Å². The molecule has 6 nitrogen and oxygen atoms in total. The highest BCUT2D eigenvalue weighted by Crippen LogP contribution is 2.33. The zero-order valence-electron chi connectivity index (χ0n) is 14.4. The lowest BCUT2D eigenvalue weighted by Gasteiger charge is -2.15. The number of ether oxygens (including phenoxy) is 1. The summed E-state index contributed by atoms with van der Waals surface area (Å²) in [7, 11) is -3.94. The Labute approximate surface area is 167 Å². The number of hydrogen-bond acceptors (Lipinski definition) is 5. The lowest BCUT2D eigenvalue weighted by Crippen LogP contribution is -2.15. The highest BCUT2D eigenvalue weighted by atomic mass is 35.5. The van der Waals surface area contributed by atoms with Gasteiger partial charge in [-0.2, -0.15) is 0 Å². The molecule has 0 bridgehead atoms. The number of aryl methyl sites for hydroxylation is 1. The van der Waals surface area contributed by atoms with Gasteiger partial charge in [0.25, 0.3) is 10.0 Å². The van der Waals surface area contributed by atoms with Gasteiger partial charge in [-0.05, 0) is 49.7 Å². The van der Waals surface area contributed by atoms with Crippen LogP contribution in [0.5, 0.6) is 11.6 Å². The van der Waals surface area contributed by atoms with Gasteiger partial charge >= 0.3 is 0 Å². The second-order valence-corrected chi connectivity index (χ2v) is 8.16. The van der Waals surface area contributed by atoms with Crippen LogP contribution < -0.4 is 9.46 Å². The van der Waals surface area contributed by atoms with E-state index in [-0.39, 0.29) is 21.5 Å². The van der Waals surface area contributed by atoms with Crippen LogP contribution in [0.25, 0.3) is 0 Å². The largest absolute Gasteiger partial charge is 0.435 e. The summed E-state index contributed by atoms with van der Waals surface area (Å²) in [5.74, 6) is 0.505. The molecule has 0 saturated carbocycles. The molecule has 0 spiro atoms. The Hall–Kier alpha value is -2.35. The topological polar surface area (TPSA) is 81.2 Å². The predicted molar refractivity (Wildman–Crippen MR) is 105 cm³/mol. The molecule has 1 N–H and O–H groups in total. The molecule has 0 aliphatic heterocycles. The van der Waals surface area contributed by atoms with Crippen LogP contribution in [0.1, 0.15) is 11.3 Å². The molecule has 0 fully saturated rings. The number of hydrogen-bond donors (Lipinski definition) is 1. The quantitative estimate of drug-likeness (QED) is 0.624. The number of nitrogens with zero attached hydrogens (tertiary/aromatic N) is 2. The number of anilines is 1. The zero-order valence-corrected chi connectivity index (χ0v) is 16.7. The summed E-state index contributed by atoms with van der Waals surface area (Å²) >= 11 is 12.0. The molecule has 3 rings (SSSR count). The molecular formula is C18H15Cl2N3O3S. The molecule has 0 aliphatic carbocycles. The summed E-state index contributed by atoms with van der Waals surface area (Å²) in [6.07, 6.45) is 2.99. The predicted octanol–water partition coefficient (Wildman–Crippen LogP) is 4.99. The molecule has 27 heavy (non-hydrogen) atoms. The van der Waals surface area contributed by atoms with Crippen molar-refractivity contribution >= 4 is 38.9 Å². The fraction of sp³-hybridized carbons (Fsp3) is 0.111. The van der Waals surface area contributed by atoms with Gasteiger partial charge in [0.15, 0.2) is 5.75 Å². The molecule has 0 aliphatic rings. The van der Waals surface area contributed by atoms with Gasteiger partial charge in [-0.1, -0.05) is 29.3 Å². The van der Waals surface area contributed by atoms with Crippen molar-refractivity contribution in [1.82, 2.24) is 9.97 Å². The van der Waals surface area contributed by atoms with Crippen LogP contribution in [0.15, 0.2) is 53.7 Å². The Balaban J connectivity index is 2.00. The number of halogens is 2. The van der Waals surface area contributed by atoms with E-state index in [2.05, 4.69) is 14.7 Å². The van der Waals surface area contributed by atoms with Gasteiger partial charge < -0.3 is 4.74 Å². The summed E-state index contributed by atoms with van der Waals surface area (Å²) in [5, 5.41) is 0.607. The van der Waals surface area contributed by atoms with Crippen molar-refractivity contribution in [2.24, 2.45) is 0 Å². The van der Waals surface area contributed by atoms with Crippen molar-refractivity contribution in [3.05, 3.63) is 70.1 Å². The Bertz CT molecular complexity index is 1100. The number of aromatic nitrogens is 2.